The van der Waals surface area contributed by atoms with E-state index in [1.165, 1.54) is 7.11 Å². The number of hydrogen-bond donors (Lipinski definition) is 1. The van der Waals surface area contributed by atoms with Crippen molar-refractivity contribution in [3.05, 3.63) is 23.8 Å². The van der Waals surface area contributed by atoms with Crippen molar-refractivity contribution in [2.24, 2.45) is 5.92 Å². The number of esters is 1. The van der Waals surface area contributed by atoms with Crippen molar-refractivity contribution in [1.82, 2.24) is 0 Å². The average Bonchev–Trinajstić information content (AvgIpc) is 2.98. The fourth-order valence-corrected chi connectivity index (χ4v) is 4.08. The largest absolute Gasteiger partial charge is 0.495 e. The number of rotatable bonds is 9. The third-order valence-electron chi connectivity index (χ3n) is 7.05. The van der Waals surface area contributed by atoms with Crippen LogP contribution >= 0.6 is 0 Å². The van der Waals surface area contributed by atoms with Crippen molar-refractivity contribution in [3.63, 3.8) is 0 Å². The molecule has 2 heterocycles. The summed E-state index contributed by atoms with van der Waals surface area (Å²) in [4.78, 5) is 12.7. The standard InChI is InChI=1S/C25H40BNO6/c1-18(2)10-13-31-17-19-16-20(27-25(22(28)29-7)11-14-30-15-12-25)8-9-21(19)26-32-23(3,4)24(5,6)33-26/h8-9,16,18,27H,10-15,17H2,1-7H3. The second-order valence-electron chi connectivity index (χ2n) is 10.5. The number of benzene rings is 1. The van der Waals surface area contributed by atoms with Crippen molar-refractivity contribution < 1.29 is 28.3 Å². The van der Waals surface area contributed by atoms with Crippen molar-refractivity contribution >= 4 is 24.2 Å². The average molecular weight is 461 g/mol. The monoisotopic (exact) mass is 461 g/mol. The molecule has 33 heavy (non-hydrogen) atoms. The minimum atomic E-state index is -0.797. The van der Waals surface area contributed by atoms with Gasteiger partial charge in [-0.3, -0.25) is 0 Å². The van der Waals surface area contributed by atoms with Gasteiger partial charge in [0.05, 0.1) is 24.9 Å². The third kappa shape index (κ3) is 5.91. The molecule has 0 saturated carbocycles. The van der Waals surface area contributed by atoms with Crippen LogP contribution in [0.3, 0.4) is 0 Å². The lowest BCUT2D eigenvalue weighted by atomic mass is 9.75. The molecule has 184 valence electrons. The van der Waals surface area contributed by atoms with E-state index < -0.39 is 23.9 Å². The third-order valence-corrected chi connectivity index (χ3v) is 7.05. The highest BCUT2D eigenvalue weighted by Crippen LogP contribution is 2.37. The Morgan fingerprint density at radius 1 is 1.12 bits per heavy atom. The van der Waals surface area contributed by atoms with Crippen LogP contribution in [0, 0.1) is 5.92 Å². The summed E-state index contributed by atoms with van der Waals surface area (Å²) >= 11 is 0. The molecule has 0 atom stereocenters. The zero-order valence-electron chi connectivity index (χ0n) is 21.3. The van der Waals surface area contributed by atoms with E-state index in [1.807, 2.05) is 45.9 Å². The lowest BCUT2D eigenvalue weighted by molar-refractivity contribution is -0.149. The molecule has 0 aromatic heterocycles. The van der Waals surface area contributed by atoms with Crippen LogP contribution in [0.4, 0.5) is 5.69 Å². The lowest BCUT2D eigenvalue weighted by Gasteiger charge is -2.36. The predicted octanol–water partition coefficient (Wildman–Crippen LogP) is 3.68. The summed E-state index contributed by atoms with van der Waals surface area (Å²) < 4.78 is 29.3. The SMILES string of the molecule is COC(=O)C1(Nc2ccc(B3OC(C)(C)C(C)(C)O3)c(COCCC(C)C)c2)CCOCC1. The zero-order valence-corrected chi connectivity index (χ0v) is 21.3. The molecule has 0 radical (unpaired) electrons. The molecule has 1 N–H and O–H groups in total. The maximum atomic E-state index is 12.7. The van der Waals surface area contributed by atoms with Gasteiger partial charge in [-0.05, 0) is 63.2 Å². The summed E-state index contributed by atoms with van der Waals surface area (Å²) in [6, 6.07) is 6.02. The molecule has 2 aliphatic heterocycles. The van der Waals surface area contributed by atoms with Gasteiger partial charge in [0.2, 0.25) is 0 Å². The molecule has 0 amide bonds. The van der Waals surface area contributed by atoms with Gasteiger partial charge in [0.15, 0.2) is 0 Å². The molecule has 2 fully saturated rings. The molecular weight excluding hydrogens is 421 g/mol. The quantitative estimate of drug-likeness (QED) is 0.342. The Kier molecular flexibility index (Phi) is 8.15. The van der Waals surface area contributed by atoms with E-state index >= 15 is 0 Å². The molecule has 8 heteroatoms. The van der Waals surface area contributed by atoms with Crippen LogP contribution in [-0.4, -0.2) is 56.8 Å². The van der Waals surface area contributed by atoms with Crippen LogP contribution in [0.5, 0.6) is 0 Å². The van der Waals surface area contributed by atoms with Gasteiger partial charge in [-0.1, -0.05) is 19.9 Å². The molecule has 0 unspecified atom stereocenters. The van der Waals surface area contributed by atoms with Crippen LogP contribution in [0.15, 0.2) is 18.2 Å². The summed E-state index contributed by atoms with van der Waals surface area (Å²) in [5.74, 6) is 0.310. The Morgan fingerprint density at radius 2 is 1.76 bits per heavy atom. The van der Waals surface area contributed by atoms with Crippen LogP contribution in [0.1, 0.15) is 66.4 Å². The second kappa shape index (κ2) is 10.3. The van der Waals surface area contributed by atoms with E-state index in [-0.39, 0.29) is 5.97 Å². The smallest absolute Gasteiger partial charge is 0.467 e. The Hall–Kier alpha value is -1.61. The topological polar surface area (TPSA) is 75.3 Å². The minimum absolute atomic E-state index is 0.268. The maximum Gasteiger partial charge on any atom is 0.495 e. The lowest BCUT2D eigenvalue weighted by Crippen LogP contribution is -2.51. The van der Waals surface area contributed by atoms with Gasteiger partial charge in [0.1, 0.15) is 5.54 Å². The Balaban J connectivity index is 1.87. The fourth-order valence-electron chi connectivity index (χ4n) is 4.08. The Morgan fingerprint density at radius 3 is 2.33 bits per heavy atom. The van der Waals surface area contributed by atoms with E-state index in [4.69, 9.17) is 23.5 Å². The van der Waals surface area contributed by atoms with Crippen LogP contribution in [0.25, 0.3) is 0 Å². The summed E-state index contributed by atoms with van der Waals surface area (Å²) in [7, 11) is 0.946. The number of carbonyl (C=O) groups excluding carboxylic acids is 1. The molecule has 0 spiro atoms. The number of hydrogen-bond acceptors (Lipinski definition) is 7. The Labute approximate surface area is 199 Å². The van der Waals surface area contributed by atoms with Crippen LogP contribution in [0.2, 0.25) is 0 Å². The summed E-state index contributed by atoms with van der Waals surface area (Å²) in [6.07, 6.45) is 2.10. The first-order chi connectivity index (χ1) is 15.5. The highest BCUT2D eigenvalue weighted by atomic mass is 16.7. The first-order valence-electron chi connectivity index (χ1n) is 12.0. The van der Waals surface area contributed by atoms with E-state index in [0.29, 0.717) is 45.2 Å². The summed E-state index contributed by atoms with van der Waals surface area (Å²) in [5, 5.41) is 3.45. The number of methoxy groups -OCH3 is 1. The van der Waals surface area contributed by atoms with Crippen molar-refractivity contribution in [2.45, 2.75) is 84.2 Å². The molecule has 1 aromatic carbocycles. The second-order valence-corrected chi connectivity index (χ2v) is 10.5. The van der Waals surface area contributed by atoms with Gasteiger partial charge in [-0.2, -0.15) is 0 Å². The molecule has 2 aliphatic rings. The minimum Gasteiger partial charge on any atom is -0.467 e. The molecule has 7 nitrogen and oxygen atoms in total. The van der Waals surface area contributed by atoms with Gasteiger partial charge >= 0.3 is 13.1 Å². The predicted molar refractivity (Wildman–Crippen MR) is 130 cm³/mol. The summed E-state index contributed by atoms with van der Waals surface area (Å²) in [6.45, 7) is 14.7. The number of anilines is 1. The molecule has 2 saturated heterocycles. The normalized spacial score (nSPS) is 21.3. The van der Waals surface area contributed by atoms with Crippen molar-refractivity contribution in [3.8, 4) is 0 Å². The van der Waals surface area contributed by atoms with E-state index in [2.05, 4.69) is 19.2 Å². The van der Waals surface area contributed by atoms with E-state index in [1.54, 1.807) is 0 Å². The highest BCUT2D eigenvalue weighted by Gasteiger charge is 2.52. The van der Waals surface area contributed by atoms with Crippen molar-refractivity contribution in [2.75, 3.05) is 32.2 Å². The number of nitrogens with one attached hydrogen (secondary N) is 1. The van der Waals surface area contributed by atoms with E-state index in [0.717, 1.165) is 23.1 Å². The molecule has 1 aromatic rings. The van der Waals surface area contributed by atoms with Crippen LogP contribution in [-0.2, 0) is 34.9 Å². The maximum absolute atomic E-state index is 12.7. The fraction of sp³-hybridized carbons (Fsp3) is 0.720. The van der Waals surface area contributed by atoms with Gasteiger partial charge in [0, 0.05) is 38.3 Å². The van der Waals surface area contributed by atoms with Crippen molar-refractivity contribution in [1.29, 1.82) is 0 Å². The summed E-state index contributed by atoms with van der Waals surface area (Å²) in [5.41, 5.74) is 1.11. The van der Waals surface area contributed by atoms with Gasteiger partial charge in [0.25, 0.3) is 0 Å². The number of ether oxygens (including phenoxy) is 3. The molecule has 0 bridgehead atoms. The number of carbonyl (C=O) groups is 1. The first-order valence-corrected chi connectivity index (χ1v) is 12.0. The van der Waals surface area contributed by atoms with Gasteiger partial charge in [-0.15, -0.1) is 0 Å². The van der Waals surface area contributed by atoms with Gasteiger partial charge < -0.3 is 28.8 Å². The molecular formula is C25H40BNO6. The highest BCUT2D eigenvalue weighted by molar-refractivity contribution is 6.62. The molecule has 0 aliphatic carbocycles. The van der Waals surface area contributed by atoms with E-state index in [9.17, 15) is 4.79 Å². The first kappa shape index (κ1) is 26.0. The van der Waals surface area contributed by atoms with Crippen LogP contribution < -0.4 is 10.8 Å². The molecule has 3 rings (SSSR count). The Bertz CT molecular complexity index is 803. The zero-order chi connectivity index (χ0) is 24.3. The van der Waals surface area contributed by atoms with Gasteiger partial charge in [-0.25, -0.2) is 4.79 Å².